The van der Waals surface area contributed by atoms with Gasteiger partial charge in [-0.25, -0.2) is 0 Å². The second-order valence-corrected chi connectivity index (χ2v) is 6.30. The summed E-state index contributed by atoms with van der Waals surface area (Å²) in [5.41, 5.74) is 3.08. The van der Waals surface area contributed by atoms with Crippen LogP contribution in [0.4, 0.5) is 11.4 Å². The zero-order valence-corrected chi connectivity index (χ0v) is 14.4. The Morgan fingerprint density at radius 2 is 1.93 bits per heavy atom. The number of amides is 2. The maximum absolute atomic E-state index is 13.3. The van der Waals surface area contributed by atoms with Crippen molar-refractivity contribution in [3.8, 4) is 5.75 Å². The lowest BCUT2D eigenvalue weighted by Crippen LogP contribution is -2.31. The smallest absolute Gasteiger partial charge is 0.258 e. The van der Waals surface area contributed by atoms with Crippen LogP contribution >= 0.6 is 0 Å². The van der Waals surface area contributed by atoms with Crippen LogP contribution in [-0.2, 0) is 17.8 Å². The number of carbonyl (C=O) groups excluding carboxylic acids is 2. The quantitative estimate of drug-likeness (QED) is 0.750. The van der Waals surface area contributed by atoms with Gasteiger partial charge in [0.2, 0.25) is 5.91 Å². The maximum Gasteiger partial charge on any atom is 0.258 e. The molecule has 2 N–H and O–H groups in total. The van der Waals surface area contributed by atoms with E-state index in [1.54, 1.807) is 54.7 Å². The summed E-state index contributed by atoms with van der Waals surface area (Å²) in [6, 6.07) is 17.3. The Labute approximate surface area is 156 Å². The van der Waals surface area contributed by atoms with Gasteiger partial charge in [0.25, 0.3) is 5.91 Å². The van der Waals surface area contributed by atoms with Gasteiger partial charge in [-0.05, 0) is 48.0 Å². The van der Waals surface area contributed by atoms with Crippen molar-refractivity contribution in [3.05, 3.63) is 83.7 Å². The van der Waals surface area contributed by atoms with Crippen LogP contribution < -0.4 is 10.2 Å². The molecular formula is C21H17N3O3. The second kappa shape index (κ2) is 6.92. The van der Waals surface area contributed by atoms with E-state index in [0.717, 1.165) is 11.3 Å². The molecule has 2 heterocycles. The molecule has 0 atom stereocenters. The van der Waals surface area contributed by atoms with Gasteiger partial charge in [0.1, 0.15) is 5.75 Å². The van der Waals surface area contributed by atoms with Crippen LogP contribution in [0, 0.1) is 0 Å². The van der Waals surface area contributed by atoms with Crippen LogP contribution in [0.2, 0.25) is 0 Å². The molecule has 0 fully saturated rings. The van der Waals surface area contributed by atoms with Crippen molar-refractivity contribution >= 4 is 23.2 Å². The van der Waals surface area contributed by atoms with Crippen LogP contribution in [-0.4, -0.2) is 21.9 Å². The number of aromatic hydroxyl groups is 1. The molecule has 1 aliphatic rings. The molecule has 2 aromatic carbocycles. The standard InChI is InChI=1S/C21H17N3O3/c25-19-7-2-1-6-18(19)24(13-16-5-3-4-10-22-16)21(27)14-8-9-17-15(11-14)12-20(26)23-17/h1-11,25H,12-13H2,(H,23,26). The SMILES string of the molecule is O=C1Cc2cc(C(=O)N(Cc3ccccn3)c3ccccc3O)ccc2N1. The van der Waals surface area contributed by atoms with Crippen molar-refractivity contribution in [1.29, 1.82) is 0 Å². The summed E-state index contributed by atoms with van der Waals surface area (Å²) in [4.78, 5) is 30.6. The Bertz CT molecular complexity index is 1020. The summed E-state index contributed by atoms with van der Waals surface area (Å²) in [6.45, 7) is 0.214. The largest absolute Gasteiger partial charge is 0.506 e. The van der Waals surface area contributed by atoms with E-state index in [1.165, 1.54) is 4.90 Å². The molecule has 6 nitrogen and oxygen atoms in total. The van der Waals surface area contributed by atoms with Gasteiger partial charge in [-0.2, -0.15) is 0 Å². The zero-order chi connectivity index (χ0) is 18.8. The highest BCUT2D eigenvalue weighted by molar-refractivity contribution is 6.08. The number of para-hydroxylation sites is 2. The number of fused-ring (bicyclic) bond motifs is 1. The minimum Gasteiger partial charge on any atom is -0.506 e. The monoisotopic (exact) mass is 359 g/mol. The lowest BCUT2D eigenvalue weighted by atomic mass is 10.1. The van der Waals surface area contributed by atoms with Crippen molar-refractivity contribution in [2.45, 2.75) is 13.0 Å². The average Bonchev–Trinajstić information content (AvgIpc) is 3.06. The third-order valence-corrected chi connectivity index (χ3v) is 4.44. The predicted octanol–water partition coefficient (Wildman–Crippen LogP) is 3.13. The topological polar surface area (TPSA) is 82.5 Å². The summed E-state index contributed by atoms with van der Waals surface area (Å²) in [7, 11) is 0. The molecule has 134 valence electrons. The second-order valence-electron chi connectivity index (χ2n) is 6.30. The van der Waals surface area contributed by atoms with Crippen LogP contribution in [0.3, 0.4) is 0 Å². The first-order chi connectivity index (χ1) is 13.1. The molecule has 0 saturated carbocycles. The molecule has 3 aromatic rings. The van der Waals surface area contributed by atoms with Gasteiger partial charge in [-0.3, -0.25) is 19.5 Å². The van der Waals surface area contributed by atoms with E-state index in [2.05, 4.69) is 10.3 Å². The predicted molar refractivity (Wildman–Crippen MR) is 102 cm³/mol. The summed E-state index contributed by atoms with van der Waals surface area (Å²) in [5.74, 6) is -0.343. The maximum atomic E-state index is 13.3. The van der Waals surface area contributed by atoms with E-state index < -0.39 is 0 Å². The highest BCUT2D eigenvalue weighted by Crippen LogP contribution is 2.30. The number of nitrogens with zero attached hydrogens (tertiary/aromatic N) is 2. The zero-order valence-electron chi connectivity index (χ0n) is 14.4. The van der Waals surface area contributed by atoms with E-state index in [0.29, 0.717) is 16.9 Å². The first-order valence-corrected chi connectivity index (χ1v) is 8.54. The molecule has 2 amide bonds. The summed E-state index contributed by atoms with van der Waals surface area (Å²) < 4.78 is 0. The Kier molecular flexibility index (Phi) is 4.30. The van der Waals surface area contributed by atoms with E-state index in [1.807, 2.05) is 12.1 Å². The fourth-order valence-corrected chi connectivity index (χ4v) is 3.13. The summed E-state index contributed by atoms with van der Waals surface area (Å²) >= 11 is 0. The summed E-state index contributed by atoms with van der Waals surface area (Å²) in [6.07, 6.45) is 1.92. The van der Waals surface area contributed by atoms with Crippen LogP contribution in [0.5, 0.6) is 5.75 Å². The molecule has 0 radical (unpaired) electrons. The van der Waals surface area contributed by atoms with Gasteiger partial charge in [-0.1, -0.05) is 18.2 Å². The summed E-state index contributed by atoms with van der Waals surface area (Å²) in [5, 5.41) is 13.0. The van der Waals surface area contributed by atoms with Crippen LogP contribution in [0.1, 0.15) is 21.6 Å². The highest BCUT2D eigenvalue weighted by Gasteiger charge is 2.24. The average molecular weight is 359 g/mol. The number of phenols is 1. The van der Waals surface area contributed by atoms with Gasteiger partial charge >= 0.3 is 0 Å². The van der Waals surface area contributed by atoms with Crippen LogP contribution in [0.25, 0.3) is 0 Å². The number of aromatic nitrogens is 1. The fraction of sp³-hybridized carbons (Fsp3) is 0.0952. The molecule has 0 spiro atoms. The van der Waals surface area contributed by atoms with E-state index in [-0.39, 0.29) is 30.5 Å². The number of phenolic OH excluding ortho intramolecular Hbond substituents is 1. The number of hydrogen-bond donors (Lipinski definition) is 2. The van der Waals surface area contributed by atoms with Crippen molar-refractivity contribution in [2.24, 2.45) is 0 Å². The van der Waals surface area contributed by atoms with Crippen molar-refractivity contribution in [2.75, 3.05) is 10.2 Å². The Morgan fingerprint density at radius 1 is 1.11 bits per heavy atom. The third-order valence-electron chi connectivity index (χ3n) is 4.44. The number of pyridine rings is 1. The van der Waals surface area contributed by atoms with Crippen LogP contribution in [0.15, 0.2) is 66.9 Å². The van der Waals surface area contributed by atoms with Crippen molar-refractivity contribution in [1.82, 2.24) is 4.98 Å². The van der Waals surface area contributed by atoms with Gasteiger partial charge in [-0.15, -0.1) is 0 Å². The molecule has 6 heteroatoms. The molecule has 0 bridgehead atoms. The third kappa shape index (κ3) is 3.37. The first kappa shape index (κ1) is 16.8. The van der Waals surface area contributed by atoms with Gasteiger partial charge < -0.3 is 10.4 Å². The van der Waals surface area contributed by atoms with E-state index >= 15 is 0 Å². The Hall–Kier alpha value is -3.67. The fourth-order valence-electron chi connectivity index (χ4n) is 3.13. The van der Waals surface area contributed by atoms with E-state index in [9.17, 15) is 14.7 Å². The first-order valence-electron chi connectivity index (χ1n) is 8.54. The molecular weight excluding hydrogens is 342 g/mol. The highest BCUT2D eigenvalue weighted by atomic mass is 16.3. The molecule has 0 aliphatic carbocycles. The number of anilines is 2. The number of benzene rings is 2. The Balaban J connectivity index is 1.72. The van der Waals surface area contributed by atoms with Crippen molar-refractivity contribution < 1.29 is 14.7 Å². The molecule has 27 heavy (non-hydrogen) atoms. The van der Waals surface area contributed by atoms with Gasteiger partial charge in [0.05, 0.1) is 24.3 Å². The van der Waals surface area contributed by atoms with Gasteiger partial charge in [0.15, 0.2) is 0 Å². The molecule has 0 saturated heterocycles. The minimum atomic E-state index is -0.274. The molecule has 1 aliphatic heterocycles. The lowest BCUT2D eigenvalue weighted by Gasteiger charge is -2.23. The van der Waals surface area contributed by atoms with Gasteiger partial charge in [0, 0.05) is 17.4 Å². The lowest BCUT2D eigenvalue weighted by molar-refractivity contribution is -0.115. The number of hydrogen-bond acceptors (Lipinski definition) is 4. The normalized spacial score (nSPS) is 12.4. The minimum absolute atomic E-state index is 0.0137. The van der Waals surface area contributed by atoms with E-state index in [4.69, 9.17) is 0 Å². The molecule has 0 unspecified atom stereocenters. The molecule has 1 aromatic heterocycles. The Morgan fingerprint density at radius 3 is 2.70 bits per heavy atom. The number of carbonyl (C=O) groups is 2. The number of rotatable bonds is 4. The molecule has 4 rings (SSSR count). The van der Waals surface area contributed by atoms with Crippen molar-refractivity contribution in [3.63, 3.8) is 0 Å². The number of nitrogens with one attached hydrogen (secondary N) is 1.